The van der Waals surface area contributed by atoms with Crippen LogP contribution in [0.15, 0.2) is 47.1 Å². The van der Waals surface area contributed by atoms with Crippen molar-refractivity contribution in [1.82, 2.24) is 5.32 Å². The molecule has 122 valence electrons. The normalized spacial score (nSPS) is 11.7. The number of esters is 1. The van der Waals surface area contributed by atoms with E-state index in [2.05, 4.69) is 10.1 Å². The van der Waals surface area contributed by atoms with E-state index >= 15 is 0 Å². The Labute approximate surface area is 134 Å². The molecular weight excluding hydrogens is 296 g/mol. The van der Waals surface area contributed by atoms with E-state index in [1.165, 1.54) is 7.11 Å². The highest BCUT2D eigenvalue weighted by Gasteiger charge is 2.13. The number of furan rings is 1. The zero-order chi connectivity index (χ0) is 16.7. The molecule has 0 bridgehead atoms. The second kappa shape index (κ2) is 8.14. The van der Waals surface area contributed by atoms with Crippen molar-refractivity contribution in [3.8, 4) is 0 Å². The van der Waals surface area contributed by atoms with Crippen molar-refractivity contribution in [1.29, 1.82) is 0 Å². The van der Waals surface area contributed by atoms with Gasteiger partial charge in [-0.3, -0.25) is 4.79 Å². The van der Waals surface area contributed by atoms with Gasteiger partial charge in [-0.1, -0.05) is 12.1 Å². The topological polar surface area (TPSA) is 85.1 Å². The Morgan fingerprint density at radius 3 is 2.61 bits per heavy atom. The van der Waals surface area contributed by atoms with Crippen molar-refractivity contribution < 1.29 is 24.1 Å². The van der Waals surface area contributed by atoms with E-state index in [1.54, 1.807) is 30.5 Å². The van der Waals surface area contributed by atoms with Gasteiger partial charge in [0.2, 0.25) is 0 Å². The molecule has 2 rings (SSSR count). The van der Waals surface area contributed by atoms with Gasteiger partial charge in [-0.25, -0.2) is 4.79 Å². The van der Waals surface area contributed by atoms with E-state index in [1.807, 2.05) is 24.4 Å². The fourth-order valence-corrected chi connectivity index (χ4v) is 2.10. The summed E-state index contributed by atoms with van der Waals surface area (Å²) < 4.78 is 9.93. The van der Waals surface area contributed by atoms with Crippen LogP contribution >= 0.6 is 0 Å². The number of benzene rings is 1. The second-order valence-electron chi connectivity index (χ2n) is 5.21. The fraction of sp³-hybridized carbons (Fsp3) is 0.294. The molecule has 0 fully saturated rings. The third kappa shape index (κ3) is 4.96. The maximum atomic E-state index is 11.9. The summed E-state index contributed by atoms with van der Waals surface area (Å²) in [7, 11) is 1.34. The van der Waals surface area contributed by atoms with Gasteiger partial charge in [-0.15, -0.1) is 0 Å². The third-order valence-corrected chi connectivity index (χ3v) is 3.51. The molecule has 0 aliphatic carbocycles. The summed E-state index contributed by atoms with van der Waals surface area (Å²) in [6, 6.07) is 10.8. The largest absolute Gasteiger partial charge is 0.465 e. The fourth-order valence-electron chi connectivity index (χ4n) is 2.10. The average Bonchev–Trinajstić information content (AvgIpc) is 3.12. The molecule has 0 aliphatic rings. The molecule has 6 nitrogen and oxygen atoms in total. The number of ether oxygens (including phenoxy) is 1. The van der Waals surface area contributed by atoms with Crippen molar-refractivity contribution in [2.24, 2.45) is 0 Å². The van der Waals surface area contributed by atoms with Gasteiger partial charge in [0.05, 0.1) is 18.9 Å². The zero-order valence-corrected chi connectivity index (χ0v) is 13.2. The number of carbonyl (C=O) groups excluding carboxylic acids is 2. The number of methoxy groups -OCH3 is 1. The Hall–Kier alpha value is -2.60. The Morgan fingerprint density at radius 1 is 1.26 bits per heavy atom. The van der Waals surface area contributed by atoms with E-state index in [4.69, 9.17) is 4.42 Å². The number of nitrogens with one attached hydrogen (secondary N) is 1. The van der Waals surface area contributed by atoms with Crippen molar-refractivity contribution in [2.75, 3.05) is 13.7 Å². The molecule has 0 saturated heterocycles. The van der Waals surface area contributed by atoms with Crippen LogP contribution in [0.4, 0.5) is 0 Å². The van der Waals surface area contributed by atoms with Crippen LogP contribution in [0.3, 0.4) is 0 Å². The summed E-state index contributed by atoms with van der Waals surface area (Å²) in [5.74, 6) is 0.416. The molecule has 23 heavy (non-hydrogen) atoms. The Kier molecular flexibility index (Phi) is 5.94. The van der Waals surface area contributed by atoms with Gasteiger partial charge >= 0.3 is 5.97 Å². The maximum absolute atomic E-state index is 11.9. The number of carbonyl (C=O) groups is 2. The first kappa shape index (κ1) is 16.8. The smallest absolute Gasteiger partial charge is 0.337 e. The lowest BCUT2D eigenvalue weighted by molar-refractivity contribution is -0.684. The molecular formula is C17H21N2O4+. The lowest BCUT2D eigenvalue weighted by Gasteiger charge is -2.09. The van der Waals surface area contributed by atoms with Crippen molar-refractivity contribution in [3.05, 3.63) is 59.5 Å². The van der Waals surface area contributed by atoms with E-state index in [0.717, 1.165) is 11.3 Å². The molecule has 0 aliphatic heterocycles. The summed E-state index contributed by atoms with van der Waals surface area (Å²) in [6.07, 6.45) is 1.62. The molecule has 0 spiro atoms. The molecule has 0 unspecified atom stereocenters. The van der Waals surface area contributed by atoms with Crippen LogP contribution in [0, 0.1) is 0 Å². The van der Waals surface area contributed by atoms with Gasteiger partial charge < -0.3 is 19.8 Å². The molecule has 3 N–H and O–H groups in total. The van der Waals surface area contributed by atoms with Crippen LogP contribution in [0.1, 0.15) is 34.6 Å². The lowest BCUT2D eigenvalue weighted by atomic mass is 10.1. The minimum absolute atomic E-state index is 0.0551. The summed E-state index contributed by atoms with van der Waals surface area (Å²) in [5, 5.41) is 4.76. The van der Waals surface area contributed by atoms with Gasteiger partial charge in [0.1, 0.15) is 6.04 Å². The number of nitrogens with two attached hydrogens (primary N) is 1. The minimum atomic E-state index is -0.373. The summed E-state index contributed by atoms with van der Waals surface area (Å²) >= 11 is 0. The second-order valence-corrected chi connectivity index (χ2v) is 5.21. The number of hydrogen-bond acceptors (Lipinski definition) is 4. The van der Waals surface area contributed by atoms with Gasteiger partial charge in [0.15, 0.2) is 12.3 Å². The summed E-state index contributed by atoms with van der Waals surface area (Å²) in [5.41, 5.74) is 1.41. The SMILES string of the molecule is COC(=O)c1ccc(CNC(=O)C[NH2+][C@@H](C)c2ccco2)cc1. The van der Waals surface area contributed by atoms with Crippen LogP contribution in [0.2, 0.25) is 0 Å². The van der Waals surface area contributed by atoms with Gasteiger partial charge in [-0.2, -0.15) is 0 Å². The average molecular weight is 317 g/mol. The van der Waals surface area contributed by atoms with Crippen LogP contribution in [-0.4, -0.2) is 25.5 Å². The van der Waals surface area contributed by atoms with Crippen LogP contribution in [0.25, 0.3) is 0 Å². The monoisotopic (exact) mass is 317 g/mol. The minimum Gasteiger partial charge on any atom is -0.465 e. The highest BCUT2D eigenvalue weighted by Crippen LogP contribution is 2.07. The first-order chi connectivity index (χ1) is 11.1. The number of rotatable bonds is 7. The molecule has 1 atom stereocenters. The van der Waals surface area contributed by atoms with Gasteiger partial charge in [0, 0.05) is 6.54 Å². The van der Waals surface area contributed by atoms with E-state index < -0.39 is 0 Å². The summed E-state index contributed by atoms with van der Waals surface area (Å²) in [6.45, 7) is 2.73. The quantitative estimate of drug-likeness (QED) is 0.746. The Bertz CT molecular complexity index is 635. The predicted octanol–water partition coefficient (Wildman–Crippen LogP) is 1.01. The molecule has 0 radical (unpaired) electrons. The van der Waals surface area contributed by atoms with E-state index in [9.17, 15) is 9.59 Å². The summed E-state index contributed by atoms with van der Waals surface area (Å²) in [4.78, 5) is 23.2. The number of amides is 1. The first-order valence-electron chi connectivity index (χ1n) is 7.41. The van der Waals surface area contributed by atoms with Crippen LogP contribution in [0.5, 0.6) is 0 Å². The van der Waals surface area contributed by atoms with Gasteiger partial charge in [0.25, 0.3) is 5.91 Å². The van der Waals surface area contributed by atoms with E-state index in [-0.39, 0.29) is 17.9 Å². The van der Waals surface area contributed by atoms with Crippen molar-refractivity contribution >= 4 is 11.9 Å². The van der Waals surface area contributed by atoms with Gasteiger partial charge in [-0.05, 0) is 36.8 Å². The van der Waals surface area contributed by atoms with E-state index in [0.29, 0.717) is 18.7 Å². The first-order valence-corrected chi connectivity index (χ1v) is 7.41. The van der Waals surface area contributed by atoms with Crippen LogP contribution < -0.4 is 10.6 Å². The predicted molar refractivity (Wildman–Crippen MR) is 83.5 cm³/mol. The molecule has 2 aromatic rings. The Balaban J connectivity index is 1.75. The number of quaternary nitrogens is 1. The van der Waals surface area contributed by atoms with Crippen LogP contribution in [-0.2, 0) is 16.1 Å². The maximum Gasteiger partial charge on any atom is 0.337 e. The zero-order valence-electron chi connectivity index (χ0n) is 13.2. The molecule has 0 saturated carbocycles. The third-order valence-electron chi connectivity index (χ3n) is 3.51. The molecule has 1 amide bonds. The number of hydrogen-bond donors (Lipinski definition) is 2. The Morgan fingerprint density at radius 2 is 2.00 bits per heavy atom. The van der Waals surface area contributed by atoms with Crippen molar-refractivity contribution in [3.63, 3.8) is 0 Å². The highest BCUT2D eigenvalue weighted by molar-refractivity contribution is 5.89. The standard InChI is InChI=1S/C17H20N2O4/c1-12(15-4-3-9-23-15)18-11-16(20)19-10-13-5-7-14(8-6-13)17(21)22-2/h3-9,12,18H,10-11H2,1-2H3,(H,19,20)/p+1/t12-/m0/s1. The molecule has 6 heteroatoms. The molecule has 1 aromatic carbocycles. The molecule has 1 heterocycles. The van der Waals surface area contributed by atoms with Crippen molar-refractivity contribution in [2.45, 2.75) is 19.5 Å². The highest BCUT2D eigenvalue weighted by atomic mass is 16.5. The molecule has 1 aromatic heterocycles. The lowest BCUT2D eigenvalue weighted by Crippen LogP contribution is -2.86.